The molecule has 1 fully saturated rings. The zero-order chi connectivity index (χ0) is 17.2. The van der Waals surface area contributed by atoms with Gasteiger partial charge in [0.15, 0.2) is 0 Å². The second-order valence-electron chi connectivity index (χ2n) is 7.37. The number of aryl methyl sites for hydroxylation is 2. The Bertz CT molecular complexity index is 725. The molecule has 2 aromatic carbocycles. The molecule has 2 aliphatic rings. The van der Waals surface area contributed by atoms with E-state index in [-0.39, 0.29) is 12.4 Å². The summed E-state index contributed by atoms with van der Waals surface area (Å²) in [6, 6.07) is 17.7. The van der Waals surface area contributed by atoms with Crippen LogP contribution in [-0.2, 0) is 6.42 Å². The van der Waals surface area contributed by atoms with E-state index in [0.29, 0.717) is 6.17 Å². The number of halogens is 1. The number of fused-ring (bicyclic) bond motifs is 1. The normalized spacial score (nSPS) is 18.8. The first kappa shape index (κ1) is 19.1. The number of rotatable bonds is 3. The van der Waals surface area contributed by atoms with E-state index < -0.39 is 0 Å². The Morgan fingerprint density at radius 3 is 2.19 bits per heavy atom. The molecule has 2 aromatic rings. The number of hydrogen-bond donors (Lipinski definition) is 0. The van der Waals surface area contributed by atoms with Crippen LogP contribution in [0.4, 0.5) is 11.4 Å². The molecule has 1 atom stereocenters. The summed E-state index contributed by atoms with van der Waals surface area (Å²) in [4.78, 5) is 7.81. The molecule has 0 spiro atoms. The van der Waals surface area contributed by atoms with Gasteiger partial charge in [0.1, 0.15) is 0 Å². The molecule has 1 saturated heterocycles. The highest BCUT2D eigenvalue weighted by molar-refractivity contribution is 5.85. The van der Waals surface area contributed by atoms with Gasteiger partial charge in [0.05, 0.1) is 6.17 Å². The predicted octanol–water partition coefficient (Wildman–Crippen LogP) is 4.34. The molecular formula is C22H30ClN3. The van der Waals surface area contributed by atoms with Crippen LogP contribution in [0.15, 0.2) is 48.5 Å². The van der Waals surface area contributed by atoms with E-state index in [1.807, 2.05) is 0 Å². The minimum Gasteiger partial charge on any atom is -0.369 e. The van der Waals surface area contributed by atoms with E-state index in [1.165, 1.54) is 41.9 Å². The quantitative estimate of drug-likeness (QED) is 0.794. The highest BCUT2D eigenvalue weighted by Crippen LogP contribution is 2.30. The third-order valence-corrected chi connectivity index (χ3v) is 5.90. The average molecular weight is 372 g/mol. The minimum atomic E-state index is 0. The highest BCUT2D eigenvalue weighted by atomic mass is 35.5. The topological polar surface area (TPSA) is 9.72 Å². The summed E-state index contributed by atoms with van der Waals surface area (Å²) in [5, 5.41) is 0. The van der Waals surface area contributed by atoms with Crippen molar-refractivity contribution in [1.29, 1.82) is 0 Å². The van der Waals surface area contributed by atoms with Crippen molar-refractivity contribution >= 4 is 23.8 Å². The molecule has 4 rings (SSSR count). The van der Waals surface area contributed by atoms with Gasteiger partial charge in [-0.3, -0.25) is 4.90 Å². The maximum atomic E-state index is 2.65. The Labute approximate surface area is 164 Å². The van der Waals surface area contributed by atoms with Gasteiger partial charge in [-0.2, -0.15) is 0 Å². The average Bonchev–Trinajstić information content (AvgIpc) is 2.67. The van der Waals surface area contributed by atoms with Crippen molar-refractivity contribution in [3.63, 3.8) is 0 Å². The Morgan fingerprint density at radius 1 is 0.808 bits per heavy atom. The van der Waals surface area contributed by atoms with Crippen molar-refractivity contribution in [2.75, 3.05) is 42.5 Å². The summed E-state index contributed by atoms with van der Waals surface area (Å²) in [6.45, 7) is 10.3. The fourth-order valence-corrected chi connectivity index (χ4v) is 4.40. The Hall–Kier alpha value is -1.71. The van der Waals surface area contributed by atoms with E-state index >= 15 is 0 Å². The Balaban J connectivity index is 0.00000196. The molecule has 4 heteroatoms. The molecule has 0 aromatic heterocycles. The molecule has 2 heterocycles. The van der Waals surface area contributed by atoms with E-state index in [4.69, 9.17) is 0 Å². The van der Waals surface area contributed by atoms with Crippen LogP contribution in [0.25, 0.3) is 0 Å². The molecule has 0 aliphatic carbocycles. The van der Waals surface area contributed by atoms with Crippen LogP contribution >= 0.6 is 12.4 Å². The maximum absolute atomic E-state index is 2.65. The van der Waals surface area contributed by atoms with E-state index in [1.54, 1.807) is 0 Å². The van der Waals surface area contributed by atoms with Crippen LogP contribution in [0.5, 0.6) is 0 Å². The molecule has 0 bridgehead atoms. The van der Waals surface area contributed by atoms with Crippen molar-refractivity contribution in [1.82, 2.24) is 4.90 Å². The standard InChI is InChI=1S/C22H29N3.ClH/c1-18-8-3-5-11-21(18)24-16-14-23(15-17-24)19(2)25-13-7-10-20-9-4-6-12-22(20)25;/h3-6,8-9,11-12,19H,7,10,13-17H2,1-2H3;1H. The van der Waals surface area contributed by atoms with Crippen LogP contribution in [0.3, 0.4) is 0 Å². The van der Waals surface area contributed by atoms with Crippen LogP contribution in [-0.4, -0.2) is 43.8 Å². The maximum Gasteiger partial charge on any atom is 0.0793 e. The lowest BCUT2D eigenvalue weighted by molar-refractivity contribution is 0.189. The van der Waals surface area contributed by atoms with Crippen LogP contribution in [0, 0.1) is 6.92 Å². The van der Waals surface area contributed by atoms with Crippen molar-refractivity contribution in [3.8, 4) is 0 Å². The molecule has 0 radical (unpaired) electrons. The number of benzene rings is 2. The lowest BCUT2D eigenvalue weighted by Crippen LogP contribution is -2.56. The molecule has 3 nitrogen and oxygen atoms in total. The van der Waals surface area contributed by atoms with Gasteiger partial charge in [-0.1, -0.05) is 36.4 Å². The molecule has 26 heavy (non-hydrogen) atoms. The monoisotopic (exact) mass is 371 g/mol. The summed E-state index contributed by atoms with van der Waals surface area (Å²) in [5.41, 5.74) is 5.74. The van der Waals surface area contributed by atoms with Crippen molar-refractivity contribution in [2.45, 2.75) is 32.9 Å². The first-order valence-electron chi connectivity index (χ1n) is 9.63. The summed E-state index contributed by atoms with van der Waals surface area (Å²) >= 11 is 0. The lowest BCUT2D eigenvalue weighted by Gasteiger charge is -2.45. The zero-order valence-corrected chi connectivity index (χ0v) is 16.7. The highest BCUT2D eigenvalue weighted by Gasteiger charge is 2.28. The van der Waals surface area contributed by atoms with Gasteiger partial charge in [-0.25, -0.2) is 0 Å². The molecule has 0 saturated carbocycles. The van der Waals surface area contributed by atoms with Gasteiger partial charge in [-0.15, -0.1) is 12.4 Å². The Morgan fingerprint density at radius 2 is 1.46 bits per heavy atom. The van der Waals surface area contributed by atoms with Gasteiger partial charge in [0.25, 0.3) is 0 Å². The Kier molecular flexibility index (Phi) is 6.10. The van der Waals surface area contributed by atoms with E-state index in [2.05, 4.69) is 77.1 Å². The second kappa shape index (κ2) is 8.32. The molecule has 2 aliphatic heterocycles. The summed E-state index contributed by atoms with van der Waals surface area (Å²) in [5.74, 6) is 0. The predicted molar refractivity (Wildman–Crippen MR) is 114 cm³/mol. The first-order valence-corrected chi connectivity index (χ1v) is 9.63. The number of nitrogens with zero attached hydrogens (tertiary/aromatic N) is 3. The van der Waals surface area contributed by atoms with Crippen molar-refractivity contribution in [2.24, 2.45) is 0 Å². The van der Waals surface area contributed by atoms with Crippen LogP contribution in [0.1, 0.15) is 24.5 Å². The fraction of sp³-hybridized carbons (Fsp3) is 0.455. The molecule has 0 amide bonds. The number of para-hydroxylation sites is 2. The van der Waals surface area contributed by atoms with Crippen molar-refractivity contribution in [3.05, 3.63) is 59.7 Å². The van der Waals surface area contributed by atoms with Gasteiger partial charge >= 0.3 is 0 Å². The molecule has 140 valence electrons. The lowest BCUT2D eigenvalue weighted by atomic mass is 10.0. The van der Waals surface area contributed by atoms with Gasteiger partial charge in [0.2, 0.25) is 0 Å². The summed E-state index contributed by atoms with van der Waals surface area (Å²) in [6.07, 6.45) is 2.96. The summed E-state index contributed by atoms with van der Waals surface area (Å²) < 4.78 is 0. The largest absolute Gasteiger partial charge is 0.369 e. The van der Waals surface area contributed by atoms with Gasteiger partial charge < -0.3 is 9.80 Å². The van der Waals surface area contributed by atoms with Crippen LogP contribution < -0.4 is 9.80 Å². The number of piperazine rings is 1. The summed E-state index contributed by atoms with van der Waals surface area (Å²) in [7, 11) is 0. The number of anilines is 2. The fourth-order valence-electron chi connectivity index (χ4n) is 4.40. The molecule has 0 N–H and O–H groups in total. The molecule has 1 unspecified atom stereocenters. The number of hydrogen-bond acceptors (Lipinski definition) is 3. The first-order chi connectivity index (χ1) is 12.2. The van der Waals surface area contributed by atoms with E-state index in [0.717, 1.165) is 26.2 Å². The third kappa shape index (κ3) is 3.70. The SMILES string of the molecule is Cc1ccccc1N1CCN(C(C)N2CCCc3ccccc32)CC1.Cl. The van der Waals surface area contributed by atoms with Gasteiger partial charge in [0, 0.05) is 44.1 Å². The molecular weight excluding hydrogens is 342 g/mol. The van der Waals surface area contributed by atoms with Gasteiger partial charge in [-0.05, 0) is 49.9 Å². The minimum absolute atomic E-state index is 0. The van der Waals surface area contributed by atoms with Crippen molar-refractivity contribution < 1.29 is 0 Å². The second-order valence-corrected chi connectivity index (χ2v) is 7.37. The smallest absolute Gasteiger partial charge is 0.0793 e. The van der Waals surface area contributed by atoms with Crippen LogP contribution in [0.2, 0.25) is 0 Å². The zero-order valence-electron chi connectivity index (χ0n) is 15.9. The van der Waals surface area contributed by atoms with E-state index in [9.17, 15) is 0 Å². The third-order valence-electron chi connectivity index (χ3n) is 5.90.